The van der Waals surface area contributed by atoms with E-state index in [4.69, 9.17) is 27.6 Å². The van der Waals surface area contributed by atoms with E-state index in [0.717, 1.165) is 16.9 Å². The Labute approximate surface area is 111 Å². The van der Waals surface area contributed by atoms with Gasteiger partial charge in [-0.2, -0.15) is 0 Å². The first-order valence-electron chi connectivity index (χ1n) is 5.29. The zero-order valence-electron chi connectivity index (χ0n) is 9.63. The minimum Gasteiger partial charge on any atom is -0.469 e. The molecule has 1 aromatic heterocycles. The molecule has 2 rings (SSSR count). The summed E-state index contributed by atoms with van der Waals surface area (Å²) < 4.78 is 5.32. The number of hydrogen-bond acceptors (Lipinski definition) is 2. The molecule has 0 aliphatic rings. The number of aryl methyl sites for hydroxylation is 1. The third-order valence-electron chi connectivity index (χ3n) is 2.64. The van der Waals surface area contributed by atoms with Crippen molar-refractivity contribution in [1.82, 2.24) is 5.32 Å². The lowest BCUT2D eigenvalue weighted by atomic mass is 10.0. The Morgan fingerprint density at radius 1 is 1.24 bits per heavy atom. The Morgan fingerprint density at radius 3 is 2.59 bits per heavy atom. The molecule has 90 valence electrons. The largest absolute Gasteiger partial charge is 0.469 e. The van der Waals surface area contributed by atoms with Crippen molar-refractivity contribution in [3.05, 3.63) is 57.5 Å². The molecule has 1 aromatic carbocycles. The zero-order chi connectivity index (χ0) is 12.4. The molecule has 1 atom stereocenters. The van der Waals surface area contributed by atoms with Crippen molar-refractivity contribution in [3.63, 3.8) is 0 Å². The highest BCUT2D eigenvalue weighted by Crippen LogP contribution is 2.31. The molecule has 0 saturated carbocycles. The molecule has 0 aliphatic heterocycles. The molecule has 0 fully saturated rings. The Bertz CT molecular complexity index is 522. The van der Waals surface area contributed by atoms with Crippen molar-refractivity contribution < 1.29 is 4.42 Å². The quantitative estimate of drug-likeness (QED) is 0.904. The molecule has 1 heterocycles. The lowest BCUT2D eigenvalue weighted by molar-refractivity contribution is 0.528. The highest BCUT2D eigenvalue weighted by Gasteiger charge is 2.17. The van der Waals surface area contributed by atoms with Gasteiger partial charge in [0.15, 0.2) is 0 Å². The smallest absolute Gasteiger partial charge is 0.101 e. The minimum absolute atomic E-state index is 0.0151. The van der Waals surface area contributed by atoms with E-state index >= 15 is 0 Å². The maximum Gasteiger partial charge on any atom is 0.101 e. The van der Waals surface area contributed by atoms with Crippen molar-refractivity contribution in [2.75, 3.05) is 7.05 Å². The van der Waals surface area contributed by atoms with Gasteiger partial charge in [-0.15, -0.1) is 0 Å². The summed E-state index contributed by atoms with van der Waals surface area (Å²) in [6.07, 6.45) is 1.73. The molecule has 0 saturated heterocycles. The number of furan rings is 1. The van der Waals surface area contributed by atoms with E-state index in [2.05, 4.69) is 5.32 Å². The van der Waals surface area contributed by atoms with E-state index in [0.29, 0.717) is 10.0 Å². The lowest BCUT2D eigenvalue weighted by Gasteiger charge is -2.16. The van der Waals surface area contributed by atoms with Gasteiger partial charge in [0, 0.05) is 15.6 Å². The summed E-state index contributed by atoms with van der Waals surface area (Å²) in [5, 5.41) is 4.57. The number of halogens is 2. The predicted octanol–water partition coefficient (Wildman–Crippen LogP) is 4.20. The Hall–Kier alpha value is -0.960. The van der Waals surface area contributed by atoms with Crippen LogP contribution in [-0.4, -0.2) is 7.05 Å². The number of nitrogens with one attached hydrogen (secondary N) is 1. The highest BCUT2D eigenvalue weighted by molar-refractivity contribution is 6.33. The molecule has 2 aromatic rings. The molecule has 0 amide bonds. The molecule has 2 nitrogen and oxygen atoms in total. The number of benzene rings is 1. The van der Waals surface area contributed by atoms with Crippen LogP contribution in [0.15, 0.2) is 34.9 Å². The van der Waals surface area contributed by atoms with Gasteiger partial charge in [0.2, 0.25) is 0 Å². The second-order valence-electron chi connectivity index (χ2n) is 3.88. The SMILES string of the molecule is CNC(c1coc(C)c1)c1cc(Cl)ccc1Cl. The molecule has 1 unspecified atom stereocenters. The van der Waals surface area contributed by atoms with Gasteiger partial charge in [-0.25, -0.2) is 0 Å². The minimum atomic E-state index is -0.0151. The summed E-state index contributed by atoms with van der Waals surface area (Å²) in [7, 11) is 1.88. The van der Waals surface area contributed by atoms with Crippen LogP contribution in [0.1, 0.15) is 22.9 Å². The van der Waals surface area contributed by atoms with Crippen molar-refractivity contribution in [2.45, 2.75) is 13.0 Å². The van der Waals surface area contributed by atoms with Crippen LogP contribution in [0.5, 0.6) is 0 Å². The van der Waals surface area contributed by atoms with Crippen molar-refractivity contribution in [1.29, 1.82) is 0 Å². The third-order valence-corrected chi connectivity index (χ3v) is 3.22. The normalized spacial score (nSPS) is 12.7. The summed E-state index contributed by atoms with van der Waals surface area (Å²) in [6, 6.07) is 7.42. The van der Waals surface area contributed by atoms with Crippen LogP contribution in [0.2, 0.25) is 10.0 Å². The van der Waals surface area contributed by atoms with Gasteiger partial charge in [-0.1, -0.05) is 23.2 Å². The highest BCUT2D eigenvalue weighted by atomic mass is 35.5. The fourth-order valence-corrected chi connectivity index (χ4v) is 2.26. The van der Waals surface area contributed by atoms with Crippen molar-refractivity contribution in [2.24, 2.45) is 0 Å². The molecule has 0 bridgehead atoms. The summed E-state index contributed by atoms with van der Waals surface area (Å²) in [6.45, 7) is 1.91. The lowest BCUT2D eigenvalue weighted by Crippen LogP contribution is -2.17. The average molecular weight is 270 g/mol. The van der Waals surface area contributed by atoms with E-state index in [-0.39, 0.29) is 6.04 Å². The number of rotatable bonds is 3. The predicted molar refractivity (Wildman–Crippen MR) is 70.8 cm³/mol. The summed E-state index contributed by atoms with van der Waals surface area (Å²) in [5.74, 6) is 0.874. The molecule has 0 spiro atoms. The van der Waals surface area contributed by atoms with Crippen molar-refractivity contribution in [3.8, 4) is 0 Å². The van der Waals surface area contributed by atoms with Crippen LogP contribution < -0.4 is 5.32 Å². The first-order valence-corrected chi connectivity index (χ1v) is 6.04. The zero-order valence-corrected chi connectivity index (χ0v) is 11.1. The molecule has 17 heavy (non-hydrogen) atoms. The first-order chi connectivity index (χ1) is 8.11. The van der Waals surface area contributed by atoms with Crippen LogP contribution in [0.25, 0.3) is 0 Å². The molecule has 1 N–H and O–H groups in total. The second-order valence-corrected chi connectivity index (χ2v) is 4.72. The molecular formula is C13H13Cl2NO. The maximum atomic E-state index is 6.20. The molecular weight excluding hydrogens is 257 g/mol. The fraction of sp³-hybridized carbons (Fsp3) is 0.231. The molecule has 4 heteroatoms. The standard InChI is InChI=1S/C13H13Cl2NO/c1-8-5-9(7-17-8)13(16-2)11-6-10(14)3-4-12(11)15/h3-7,13,16H,1-2H3. The fourth-order valence-electron chi connectivity index (χ4n) is 1.85. The van der Waals surface area contributed by atoms with E-state index < -0.39 is 0 Å². The van der Waals surface area contributed by atoms with Crippen LogP contribution >= 0.6 is 23.2 Å². The van der Waals surface area contributed by atoms with Gasteiger partial charge in [-0.3, -0.25) is 0 Å². The Kier molecular flexibility index (Phi) is 3.77. The first kappa shape index (κ1) is 12.5. The summed E-state index contributed by atoms with van der Waals surface area (Å²) in [5.41, 5.74) is 1.98. The maximum absolute atomic E-state index is 6.20. The van der Waals surface area contributed by atoms with E-state index in [1.54, 1.807) is 18.4 Å². The third kappa shape index (κ3) is 2.65. The van der Waals surface area contributed by atoms with Gasteiger partial charge in [0.25, 0.3) is 0 Å². The van der Waals surface area contributed by atoms with Crippen LogP contribution in [-0.2, 0) is 0 Å². The summed E-state index contributed by atoms with van der Waals surface area (Å²) in [4.78, 5) is 0. The van der Waals surface area contributed by atoms with Gasteiger partial charge in [0.1, 0.15) is 5.76 Å². The second kappa shape index (κ2) is 5.13. The van der Waals surface area contributed by atoms with Crippen LogP contribution in [0, 0.1) is 6.92 Å². The van der Waals surface area contributed by atoms with Gasteiger partial charge in [-0.05, 0) is 43.8 Å². The van der Waals surface area contributed by atoms with Crippen molar-refractivity contribution >= 4 is 23.2 Å². The van der Waals surface area contributed by atoms with Gasteiger partial charge < -0.3 is 9.73 Å². The molecule has 0 radical (unpaired) electrons. The summed E-state index contributed by atoms with van der Waals surface area (Å²) >= 11 is 12.2. The van der Waals surface area contributed by atoms with E-state index in [1.165, 1.54) is 0 Å². The van der Waals surface area contributed by atoms with Gasteiger partial charge in [0.05, 0.1) is 12.3 Å². The Balaban J connectivity index is 2.45. The van der Waals surface area contributed by atoms with Gasteiger partial charge >= 0.3 is 0 Å². The number of hydrogen-bond donors (Lipinski definition) is 1. The van der Waals surface area contributed by atoms with Crippen LogP contribution in [0.4, 0.5) is 0 Å². The average Bonchev–Trinajstić information content (AvgIpc) is 2.71. The van der Waals surface area contributed by atoms with E-state index in [1.807, 2.05) is 26.1 Å². The molecule has 0 aliphatic carbocycles. The Morgan fingerprint density at radius 2 is 2.00 bits per heavy atom. The monoisotopic (exact) mass is 269 g/mol. The van der Waals surface area contributed by atoms with E-state index in [9.17, 15) is 0 Å². The topological polar surface area (TPSA) is 25.2 Å². The van der Waals surface area contributed by atoms with Crippen LogP contribution in [0.3, 0.4) is 0 Å².